The number of aliphatic hydroxyl groups is 1. The molecule has 1 saturated carbocycles. The van der Waals surface area contributed by atoms with E-state index in [9.17, 15) is 9.90 Å². The van der Waals surface area contributed by atoms with Crippen molar-refractivity contribution >= 4 is 17.5 Å². The molecule has 1 amide bonds. The second kappa shape index (κ2) is 6.95. The van der Waals surface area contributed by atoms with Gasteiger partial charge in [0.25, 0.3) is 0 Å². The molecule has 23 heavy (non-hydrogen) atoms. The van der Waals surface area contributed by atoms with E-state index in [-0.39, 0.29) is 24.4 Å². The SMILES string of the molecule is N[C@@H]1CCC[C@@H]1C(=O)NC[C@@H](O)c1cc(Cl)c2c(c1)OCCO2. The molecule has 2 aliphatic rings. The molecule has 1 heterocycles. The van der Waals surface area contributed by atoms with Crippen molar-refractivity contribution in [3.8, 4) is 11.5 Å². The minimum absolute atomic E-state index is 0.0871. The summed E-state index contributed by atoms with van der Waals surface area (Å²) in [6.07, 6.45) is 1.78. The zero-order chi connectivity index (χ0) is 16.4. The van der Waals surface area contributed by atoms with Crippen LogP contribution in [0.3, 0.4) is 0 Å². The molecule has 6 nitrogen and oxygen atoms in total. The van der Waals surface area contributed by atoms with Crippen LogP contribution in [0.25, 0.3) is 0 Å². The summed E-state index contributed by atoms with van der Waals surface area (Å²) in [4.78, 5) is 12.1. The number of hydrogen-bond donors (Lipinski definition) is 3. The zero-order valence-electron chi connectivity index (χ0n) is 12.8. The lowest BCUT2D eigenvalue weighted by atomic mass is 10.0. The van der Waals surface area contributed by atoms with Gasteiger partial charge in [-0.05, 0) is 30.5 Å². The summed E-state index contributed by atoms with van der Waals surface area (Å²) in [5.74, 6) is 0.750. The fraction of sp³-hybridized carbons (Fsp3) is 0.562. The van der Waals surface area contributed by atoms with Gasteiger partial charge < -0.3 is 25.6 Å². The summed E-state index contributed by atoms with van der Waals surface area (Å²) in [5, 5.41) is 13.5. The van der Waals surface area contributed by atoms with Gasteiger partial charge in [0.05, 0.1) is 17.0 Å². The fourth-order valence-electron chi connectivity index (χ4n) is 3.08. The van der Waals surface area contributed by atoms with Crippen LogP contribution in [0.4, 0.5) is 0 Å². The smallest absolute Gasteiger partial charge is 0.224 e. The Balaban J connectivity index is 1.63. The minimum atomic E-state index is -0.870. The van der Waals surface area contributed by atoms with Crippen molar-refractivity contribution in [3.05, 3.63) is 22.7 Å². The van der Waals surface area contributed by atoms with Crippen LogP contribution >= 0.6 is 11.6 Å². The minimum Gasteiger partial charge on any atom is -0.486 e. The van der Waals surface area contributed by atoms with Crippen LogP contribution in [0.1, 0.15) is 30.9 Å². The number of carbonyl (C=O) groups is 1. The van der Waals surface area contributed by atoms with E-state index in [1.807, 2.05) is 0 Å². The van der Waals surface area contributed by atoms with Crippen LogP contribution in [0.5, 0.6) is 11.5 Å². The van der Waals surface area contributed by atoms with E-state index < -0.39 is 6.10 Å². The zero-order valence-corrected chi connectivity index (χ0v) is 13.5. The Labute approximate surface area is 139 Å². The second-order valence-electron chi connectivity index (χ2n) is 5.99. The van der Waals surface area contributed by atoms with Gasteiger partial charge >= 0.3 is 0 Å². The number of rotatable bonds is 4. The van der Waals surface area contributed by atoms with Crippen LogP contribution in [-0.2, 0) is 4.79 Å². The van der Waals surface area contributed by atoms with E-state index >= 15 is 0 Å². The normalized spacial score (nSPS) is 24.3. The summed E-state index contributed by atoms with van der Waals surface area (Å²) in [7, 11) is 0. The highest BCUT2D eigenvalue weighted by Gasteiger charge is 2.30. The Hall–Kier alpha value is -1.50. The average molecular weight is 341 g/mol. The lowest BCUT2D eigenvalue weighted by molar-refractivity contribution is -0.125. The maximum Gasteiger partial charge on any atom is 0.224 e. The number of ether oxygens (including phenoxy) is 2. The van der Waals surface area contributed by atoms with Gasteiger partial charge in [-0.15, -0.1) is 0 Å². The number of amides is 1. The summed E-state index contributed by atoms with van der Waals surface area (Å²) >= 11 is 6.16. The van der Waals surface area contributed by atoms with E-state index in [0.717, 1.165) is 19.3 Å². The highest BCUT2D eigenvalue weighted by Crippen LogP contribution is 2.39. The maximum absolute atomic E-state index is 12.1. The van der Waals surface area contributed by atoms with Crippen molar-refractivity contribution in [2.75, 3.05) is 19.8 Å². The number of aliphatic hydroxyl groups excluding tert-OH is 1. The van der Waals surface area contributed by atoms with Gasteiger partial charge in [0.1, 0.15) is 13.2 Å². The van der Waals surface area contributed by atoms with E-state index in [1.165, 1.54) is 0 Å². The summed E-state index contributed by atoms with van der Waals surface area (Å²) in [6, 6.07) is 3.24. The Morgan fingerprint density at radius 3 is 2.91 bits per heavy atom. The van der Waals surface area contributed by atoms with Crippen molar-refractivity contribution in [3.63, 3.8) is 0 Å². The van der Waals surface area contributed by atoms with Crippen LogP contribution in [-0.4, -0.2) is 36.8 Å². The topological polar surface area (TPSA) is 93.8 Å². The third kappa shape index (κ3) is 3.54. The first-order valence-corrected chi connectivity index (χ1v) is 8.24. The van der Waals surface area contributed by atoms with Gasteiger partial charge in [0.15, 0.2) is 11.5 Å². The Bertz CT molecular complexity index is 596. The number of fused-ring (bicyclic) bond motifs is 1. The van der Waals surface area contributed by atoms with E-state index in [2.05, 4.69) is 5.32 Å². The monoisotopic (exact) mass is 340 g/mol. The van der Waals surface area contributed by atoms with E-state index in [1.54, 1.807) is 12.1 Å². The first kappa shape index (κ1) is 16.4. The lowest BCUT2D eigenvalue weighted by Gasteiger charge is -2.22. The predicted octanol–water partition coefficient (Wildman–Crippen LogP) is 1.39. The van der Waals surface area contributed by atoms with Crippen LogP contribution < -0.4 is 20.5 Å². The van der Waals surface area contributed by atoms with Crippen molar-refractivity contribution in [2.45, 2.75) is 31.4 Å². The number of hydrogen-bond acceptors (Lipinski definition) is 5. The Morgan fingerprint density at radius 1 is 1.39 bits per heavy atom. The molecule has 0 aromatic heterocycles. The molecule has 1 aliphatic heterocycles. The van der Waals surface area contributed by atoms with Gasteiger partial charge in [0.2, 0.25) is 5.91 Å². The fourth-order valence-corrected chi connectivity index (χ4v) is 3.36. The molecule has 1 fully saturated rings. The highest BCUT2D eigenvalue weighted by molar-refractivity contribution is 6.32. The molecular weight excluding hydrogens is 320 g/mol. The molecular formula is C16H21ClN2O4. The molecule has 0 radical (unpaired) electrons. The van der Waals surface area contributed by atoms with Crippen molar-refractivity contribution < 1.29 is 19.4 Å². The Kier molecular flexibility index (Phi) is 4.94. The Morgan fingerprint density at radius 2 is 2.17 bits per heavy atom. The quantitative estimate of drug-likeness (QED) is 0.770. The number of halogens is 1. The second-order valence-corrected chi connectivity index (χ2v) is 6.40. The summed E-state index contributed by atoms with van der Waals surface area (Å²) in [6.45, 7) is 1.00. The standard InChI is InChI=1S/C16H21ClN2O4/c17-11-6-9(7-14-15(11)23-5-4-22-14)13(20)8-19-16(21)10-2-1-3-12(10)18/h6-7,10,12-13,20H,1-5,8,18H2,(H,19,21)/t10-,12+,13+/m0/s1. The third-order valence-corrected chi connectivity index (χ3v) is 4.66. The molecule has 0 spiro atoms. The van der Waals surface area contributed by atoms with E-state index in [0.29, 0.717) is 35.3 Å². The van der Waals surface area contributed by atoms with Crippen molar-refractivity contribution in [1.82, 2.24) is 5.32 Å². The van der Waals surface area contributed by atoms with Gasteiger partial charge in [-0.1, -0.05) is 18.0 Å². The lowest BCUT2D eigenvalue weighted by Crippen LogP contribution is -2.40. The van der Waals surface area contributed by atoms with Gasteiger partial charge in [-0.2, -0.15) is 0 Å². The molecule has 4 N–H and O–H groups in total. The highest BCUT2D eigenvalue weighted by atomic mass is 35.5. The molecule has 0 bridgehead atoms. The molecule has 3 rings (SSSR count). The maximum atomic E-state index is 12.1. The number of carbonyl (C=O) groups excluding carboxylic acids is 1. The van der Waals surface area contributed by atoms with Crippen LogP contribution in [0.2, 0.25) is 5.02 Å². The first-order chi connectivity index (χ1) is 11.1. The predicted molar refractivity (Wildman–Crippen MR) is 85.7 cm³/mol. The van der Waals surface area contributed by atoms with Crippen molar-refractivity contribution in [1.29, 1.82) is 0 Å². The van der Waals surface area contributed by atoms with E-state index in [4.69, 9.17) is 26.8 Å². The van der Waals surface area contributed by atoms with Crippen LogP contribution in [0.15, 0.2) is 12.1 Å². The molecule has 126 valence electrons. The van der Waals surface area contributed by atoms with Gasteiger partial charge in [0, 0.05) is 12.6 Å². The molecule has 3 atom stereocenters. The number of nitrogens with two attached hydrogens (primary N) is 1. The molecule has 7 heteroatoms. The molecule has 1 aromatic rings. The average Bonchev–Trinajstić information content (AvgIpc) is 2.98. The largest absolute Gasteiger partial charge is 0.486 e. The molecule has 1 aromatic carbocycles. The molecule has 1 aliphatic carbocycles. The summed E-state index contributed by atoms with van der Waals surface area (Å²) < 4.78 is 10.9. The summed E-state index contributed by atoms with van der Waals surface area (Å²) in [5.41, 5.74) is 6.50. The van der Waals surface area contributed by atoms with Gasteiger partial charge in [-0.25, -0.2) is 0 Å². The molecule has 0 saturated heterocycles. The van der Waals surface area contributed by atoms with Crippen molar-refractivity contribution in [2.24, 2.45) is 11.7 Å². The van der Waals surface area contributed by atoms with Gasteiger partial charge in [-0.3, -0.25) is 4.79 Å². The third-order valence-electron chi connectivity index (χ3n) is 4.38. The number of benzene rings is 1. The first-order valence-electron chi connectivity index (χ1n) is 7.86. The number of nitrogens with one attached hydrogen (secondary N) is 1. The van der Waals surface area contributed by atoms with Crippen LogP contribution in [0, 0.1) is 5.92 Å². The molecule has 0 unspecified atom stereocenters.